The molecule has 3 N–H and O–H groups in total. The molecule has 0 saturated heterocycles. The number of hydrogen-bond donors (Lipinski definition) is 2. The number of aromatic amines is 1. The van der Waals surface area contributed by atoms with Crippen molar-refractivity contribution in [1.29, 1.82) is 0 Å². The highest BCUT2D eigenvalue weighted by Gasteiger charge is 2.07. The van der Waals surface area contributed by atoms with Gasteiger partial charge in [-0.3, -0.25) is 9.78 Å². The summed E-state index contributed by atoms with van der Waals surface area (Å²) in [5, 5.41) is 0.481. The van der Waals surface area contributed by atoms with E-state index in [4.69, 9.17) is 10.5 Å². The van der Waals surface area contributed by atoms with E-state index in [0.717, 1.165) is 12.8 Å². The standard InChI is InChI=1S/C14H19N3O2/c1-3-4-9(2)8-19-14-16-12-6-5-10(15)7-11(12)13(18)17-14/h5-7,9H,3-4,8,15H2,1-2H3,(H,16,17,18). The molecule has 0 bridgehead atoms. The van der Waals surface area contributed by atoms with Crippen molar-refractivity contribution in [2.75, 3.05) is 12.3 Å². The predicted molar refractivity (Wildman–Crippen MR) is 76.3 cm³/mol. The smallest absolute Gasteiger partial charge is 0.297 e. The molecule has 102 valence electrons. The zero-order valence-electron chi connectivity index (χ0n) is 11.3. The maximum absolute atomic E-state index is 11.9. The molecule has 0 aliphatic carbocycles. The molecule has 0 radical (unpaired) electrons. The average molecular weight is 261 g/mol. The van der Waals surface area contributed by atoms with Gasteiger partial charge in [-0.2, -0.15) is 4.98 Å². The van der Waals surface area contributed by atoms with Crippen molar-refractivity contribution in [2.24, 2.45) is 5.92 Å². The lowest BCUT2D eigenvalue weighted by Crippen LogP contribution is -2.15. The van der Waals surface area contributed by atoms with Crippen LogP contribution in [0.15, 0.2) is 23.0 Å². The number of nitrogens with one attached hydrogen (secondary N) is 1. The maximum atomic E-state index is 11.9. The van der Waals surface area contributed by atoms with Crippen LogP contribution in [0.25, 0.3) is 10.9 Å². The van der Waals surface area contributed by atoms with Gasteiger partial charge in [0.15, 0.2) is 0 Å². The zero-order valence-corrected chi connectivity index (χ0v) is 11.3. The minimum absolute atomic E-state index is 0.226. The summed E-state index contributed by atoms with van der Waals surface area (Å²) in [5.74, 6) is 0.442. The highest BCUT2D eigenvalue weighted by Crippen LogP contribution is 2.14. The number of ether oxygens (including phenoxy) is 1. The predicted octanol–water partition coefficient (Wildman–Crippen LogP) is 2.32. The maximum Gasteiger partial charge on any atom is 0.297 e. The van der Waals surface area contributed by atoms with E-state index in [9.17, 15) is 4.79 Å². The van der Waals surface area contributed by atoms with E-state index in [2.05, 4.69) is 23.8 Å². The number of nitrogen functional groups attached to an aromatic ring is 1. The summed E-state index contributed by atoms with van der Waals surface area (Å²) < 4.78 is 5.54. The van der Waals surface area contributed by atoms with E-state index >= 15 is 0 Å². The molecule has 1 aromatic heterocycles. The fraction of sp³-hybridized carbons (Fsp3) is 0.429. The molecule has 1 heterocycles. The number of H-pyrrole nitrogens is 1. The van der Waals surface area contributed by atoms with Gasteiger partial charge in [-0.25, -0.2) is 0 Å². The SMILES string of the molecule is CCCC(C)COc1nc2ccc(N)cc2c(=O)[nH]1. The minimum atomic E-state index is -0.226. The largest absolute Gasteiger partial charge is 0.464 e. The molecule has 1 atom stereocenters. The molecule has 0 saturated carbocycles. The Hall–Kier alpha value is -2.04. The van der Waals surface area contributed by atoms with Crippen molar-refractivity contribution in [3.8, 4) is 6.01 Å². The molecule has 0 fully saturated rings. The number of nitrogens with two attached hydrogens (primary N) is 1. The first-order valence-electron chi connectivity index (χ1n) is 6.52. The number of anilines is 1. The molecule has 0 aliphatic heterocycles. The van der Waals surface area contributed by atoms with Crippen molar-refractivity contribution in [3.05, 3.63) is 28.6 Å². The van der Waals surface area contributed by atoms with E-state index in [1.54, 1.807) is 18.2 Å². The van der Waals surface area contributed by atoms with Crippen LogP contribution in [0.5, 0.6) is 6.01 Å². The Kier molecular flexibility index (Phi) is 4.04. The van der Waals surface area contributed by atoms with Crippen LogP contribution < -0.4 is 16.0 Å². The molecular formula is C14H19N3O2. The number of nitrogens with zero attached hydrogens (tertiary/aromatic N) is 1. The number of aromatic nitrogens is 2. The van der Waals surface area contributed by atoms with Crippen molar-refractivity contribution < 1.29 is 4.74 Å². The molecule has 0 spiro atoms. The van der Waals surface area contributed by atoms with Crippen LogP contribution in [-0.2, 0) is 0 Å². The van der Waals surface area contributed by atoms with Crippen LogP contribution in [0, 0.1) is 5.92 Å². The number of benzene rings is 1. The van der Waals surface area contributed by atoms with Crippen LogP contribution in [-0.4, -0.2) is 16.6 Å². The topological polar surface area (TPSA) is 81.0 Å². The van der Waals surface area contributed by atoms with Gasteiger partial charge in [0.1, 0.15) is 0 Å². The Balaban J connectivity index is 2.21. The van der Waals surface area contributed by atoms with Crippen molar-refractivity contribution in [3.63, 3.8) is 0 Å². The fourth-order valence-corrected chi connectivity index (χ4v) is 2.00. The fourth-order valence-electron chi connectivity index (χ4n) is 2.00. The summed E-state index contributed by atoms with van der Waals surface area (Å²) in [4.78, 5) is 18.8. The summed E-state index contributed by atoms with van der Waals surface area (Å²) >= 11 is 0. The number of fused-ring (bicyclic) bond motifs is 1. The van der Waals surface area contributed by atoms with Crippen LogP contribution in [0.1, 0.15) is 26.7 Å². The first-order valence-corrected chi connectivity index (χ1v) is 6.52. The van der Waals surface area contributed by atoms with Crippen molar-refractivity contribution in [2.45, 2.75) is 26.7 Å². The quantitative estimate of drug-likeness (QED) is 0.809. The van der Waals surface area contributed by atoms with Gasteiger partial charge in [0.2, 0.25) is 0 Å². The minimum Gasteiger partial charge on any atom is -0.464 e. The molecule has 0 aliphatic rings. The van der Waals surface area contributed by atoms with Crippen LogP contribution in [0.4, 0.5) is 5.69 Å². The van der Waals surface area contributed by atoms with E-state index in [0.29, 0.717) is 29.1 Å². The van der Waals surface area contributed by atoms with Gasteiger partial charge in [0, 0.05) is 5.69 Å². The van der Waals surface area contributed by atoms with Crippen LogP contribution in [0.2, 0.25) is 0 Å². The summed E-state index contributed by atoms with van der Waals surface area (Å²) in [6, 6.07) is 5.33. The summed E-state index contributed by atoms with van der Waals surface area (Å²) in [7, 11) is 0. The van der Waals surface area contributed by atoms with Gasteiger partial charge >= 0.3 is 0 Å². The number of hydrogen-bond acceptors (Lipinski definition) is 4. The van der Waals surface area contributed by atoms with Gasteiger partial charge in [-0.15, -0.1) is 0 Å². The lowest BCUT2D eigenvalue weighted by atomic mass is 10.1. The Morgan fingerprint density at radius 1 is 1.47 bits per heavy atom. The highest BCUT2D eigenvalue weighted by atomic mass is 16.5. The lowest BCUT2D eigenvalue weighted by Gasteiger charge is -2.11. The zero-order chi connectivity index (χ0) is 13.8. The van der Waals surface area contributed by atoms with Crippen molar-refractivity contribution >= 4 is 16.6 Å². The number of rotatable bonds is 5. The van der Waals surface area contributed by atoms with E-state index in [1.165, 1.54) is 0 Å². The van der Waals surface area contributed by atoms with Gasteiger partial charge in [-0.1, -0.05) is 20.3 Å². The molecule has 5 heteroatoms. The summed E-state index contributed by atoms with van der Waals surface area (Å²) in [6.07, 6.45) is 2.21. The molecule has 19 heavy (non-hydrogen) atoms. The van der Waals surface area contributed by atoms with E-state index in [-0.39, 0.29) is 11.6 Å². The van der Waals surface area contributed by atoms with E-state index < -0.39 is 0 Å². The third-order valence-electron chi connectivity index (χ3n) is 2.99. The second kappa shape index (κ2) is 5.73. The van der Waals surface area contributed by atoms with Crippen LogP contribution >= 0.6 is 0 Å². The summed E-state index contributed by atoms with van der Waals surface area (Å²) in [6.45, 7) is 4.80. The Bertz CT molecular complexity index is 622. The lowest BCUT2D eigenvalue weighted by molar-refractivity contribution is 0.234. The summed E-state index contributed by atoms with van der Waals surface area (Å²) in [5.41, 5.74) is 6.56. The van der Waals surface area contributed by atoms with Crippen LogP contribution in [0.3, 0.4) is 0 Å². The first kappa shape index (κ1) is 13.4. The second-order valence-electron chi connectivity index (χ2n) is 4.85. The monoisotopic (exact) mass is 261 g/mol. The molecule has 1 unspecified atom stereocenters. The molecule has 1 aromatic carbocycles. The Morgan fingerprint density at radius 3 is 3.00 bits per heavy atom. The first-order chi connectivity index (χ1) is 9.10. The van der Waals surface area contributed by atoms with Gasteiger partial charge in [0.25, 0.3) is 11.6 Å². The normalized spacial score (nSPS) is 12.5. The average Bonchev–Trinajstić information content (AvgIpc) is 2.38. The van der Waals surface area contributed by atoms with Gasteiger partial charge in [0.05, 0.1) is 17.5 Å². The molecule has 2 rings (SSSR count). The van der Waals surface area contributed by atoms with E-state index in [1.807, 2.05) is 0 Å². The Morgan fingerprint density at radius 2 is 2.26 bits per heavy atom. The Labute approximate surface area is 111 Å². The highest BCUT2D eigenvalue weighted by molar-refractivity contribution is 5.81. The molecule has 5 nitrogen and oxygen atoms in total. The molecular weight excluding hydrogens is 242 g/mol. The van der Waals surface area contributed by atoms with Gasteiger partial charge in [-0.05, 0) is 30.5 Å². The second-order valence-corrected chi connectivity index (χ2v) is 4.85. The van der Waals surface area contributed by atoms with Crippen molar-refractivity contribution in [1.82, 2.24) is 9.97 Å². The third kappa shape index (κ3) is 3.24. The van der Waals surface area contributed by atoms with Gasteiger partial charge < -0.3 is 10.5 Å². The third-order valence-corrected chi connectivity index (χ3v) is 2.99. The molecule has 0 amide bonds. The molecule has 2 aromatic rings.